The molecule has 0 radical (unpaired) electrons. The first-order valence-corrected chi connectivity index (χ1v) is 13.0. The van der Waals surface area contributed by atoms with Gasteiger partial charge in [0, 0.05) is 18.7 Å². The topological polar surface area (TPSA) is 105 Å². The Labute approximate surface area is 198 Å². The molecule has 1 aliphatic heterocycles. The highest BCUT2D eigenvalue weighted by molar-refractivity contribution is 7.90. The van der Waals surface area contributed by atoms with Crippen LogP contribution in [-0.4, -0.2) is 50.7 Å². The van der Waals surface area contributed by atoms with E-state index in [1.54, 1.807) is 6.92 Å². The van der Waals surface area contributed by atoms with E-state index in [0.29, 0.717) is 5.56 Å². The summed E-state index contributed by atoms with van der Waals surface area (Å²) in [5.41, 5.74) is 2.90. The minimum Gasteiger partial charge on any atom is -0.450 e. The van der Waals surface area contributed by atoms with Crippen LogP contribution >= 0.6 is 0 Å². The average Bonchev–Trinajstić information content (AvgIpc) is 2.75. The third kappa shape index (κ3) is 6.97. The molecule has 0 aliphatic carbocycles. The van der Waals surface area contributed by atoms with Gasteiger partial charge in [0.15, 0.2) is 9.84 Å². The normalized spacial score (nSPS) is 18.6. The van der Waals surface area contributed by atoms with Crippen LogP contribution in [-0.2, 0) is 33.2 Å². The molecule has 3 atom stereocenters. The molecule has 0 bridgehead atoms. The number of hydrogen-bond donors (Lipinski definition) is 3. The Hall–Kier alpha value is -2.56. The van der Waals surface area contributed by atoms with Crippen molar-refractivity contribution in [1.29, 1.82) is 0 Å². The van der Waals surface area contributed by atoms with Crippen molar-refractivity contribution in [2.45, 2.75) is 50.6 Å². The maximum atomic E-state index is 13.6. The molecule has 34 heavy (non-hydrogen) atoms. The van der Waals surface area contributed by atoms with Crippen LogP contribution in [0, 0.1) is 11.6 Å². The molecule has 2 aromatic carbocycles. The largest absolute Gasteiger partial charge is 0.450 e. The summed E-state index contributed by atoms with van der Waals surface area (Å²) in [6.07, 6.45) is -1.24. The van der Waals surface area contributed by atoms with Gasteiger partial charge in [0.2, 0.25) is 0 Å². The van der Waals surface area contributed by atoms with Crippen molar-refractivity contribution in [2.75, 3.05) is 18.9 Å². The van der Waals surface area contributed by atoms with E-state index in [1.807, 2.05) is 25.1 Å². The zero-order chi connectivity index (χ0) is 24.9. The number of aliphatic hydroxyl groups is 1. The smallest absolute Gasteiger partial charge is 0.407 e. The third-order valence-electron chi connectivity index (χ3n) is 5.78. The SMILES string of the molecule is CCOC(=O)N[C@@H](Cc1cc(F)cc(F)c1)[C@H](O)CN[C@H]1CS(=O)(=O)Cc2ccc(CC)cc21. The average molecular weight is 497 g/mol. The molecule has 2 aromatic rings. The number of hydrogen-bond acceptors (Lipinski definition) is 6. The van der Waals surface area contributed by atoms with Gasteiger partial charge in [-0.1, -0.05) is 25.1 Å². The van der Waals surface area contributed by atoms with Crippen molar-refractivity contribution in [1.82, 2.24) is 10.6 Å². The lowest BCUT2D eigenvalue weighted by atomic mass is 9.97. The van der Waals surface area contributed by atoms with Crippen molar-refractivity contribution in [2.24, 2.45) is 0 Å². The molecule has 0 spiro atoms. The molecule has 1 heterocycles. The van der Waals surface area contributed by atoms with Gasteiger partial charge >= 0.3 is 6.09 Å². The van der Waals surface area contributed by atoms with E-state index in [-0.39, 0.29) is 36.6 Å². The van der Waals surface area contributed by atoms with E-state index in [2.05, 4.69) is 10.6 Å². The first kappa shape index (κ1) is 26.1. The number of aliphatic hydroxyl groups excluding tert-OH is 1. The highest BCUT2D eigenvalue weighted by Gasteiger charge is 2.31. The Morgan fingerprint density at radius 3 is 2.50 bits per heavy atom. The molecule has 1 amide bonds. The zero-order valence-electron chi connectivity index (χ0n) is 19.2. The van der Waals surface area contributed by atoms with Gasteiger partial charge in [0.1, 0.15) is 11.6 Å². The van der Waals surface area contributed by atoms with Gasteiger partial charge in [-0.15, -0.1) is 0 Å². The minimum absolute atomic E-state index is 0.0365. The van der Waals surface area contributed by atoms with Crippen LogP contribution in [0.25, 0.3) is 0 Å². The fraction of sp³-hybridized carbons (Fsp3) is 0.458. The van der Waals surface area contributed by atoms with Crippen LogP contribution in [0.1, 0.15) is 42.1 Å². The highest BCUT2D eigenvalue weighted by atomic mass is 32.2. The summed E-state index contributed by atoms with van der Waals surface area (Å²) in [6, 6.07) is 7.21. The number of nitrogens with one attached hydrogen (secondary N) is 2. The molecule has 1 aliphatic rings. The van der Waals surface area contributed by atoms with Crippen LogP contribution < -0.4 is 10.6 Å². The molecule has 7 nitrogen and oxygen atoms in total. The highest BCUT2D eigenvalue weighted by Crippen LogP contribution is 2.29. The molecule has 186 valence electrons. The molecule has 0 saturated heterocycles. The maximum Gasteiger partial charge on any atom is 0.407 e. The molecule has 0 fully saturated rings. The number of ether oxygens (including phenoxy) is 1. The summed E-state index contributed by atoms with van der Waals surface area (Å²) < 4.78 is 57.0. The second-order valence-electron chi connectivity index (χ2n) is 8.42. The molecular weight excluding hydrogens is 466 g/mol. The monoisotopic (exact) mass is 496 g/mol. The van der Waals surface area contributed by atoms with Crippen molar-refractivity contribution >= 4 is 15.9 Å². The van der Waals surface area contributed by atoms with Gasteiger partial charge in [-0.3, -0.25) is 0 Å². The van der Waals surface area contributed by atoms with E-state index in [1.165, 1.54) is 0 Å². The molecular formula is C24H30F2N2O5S. The van der Waals surface area contributed by atoms with Crippen LogP contribution in [0.3, 0.4) is 0 Å². The number of fused-ring (bicyclic) bond motifs is 1. The quantitative estimate of drug-likeness (QED) is 0.493. The van der Waals surface area contributed by atoms with E-state index in [0.717, 1.165) is 35.7 Å². The van der Waals surface area contributed by atoms with Crippen molar-refractivity contribution in [3.8, 4) is 0 Å². The molecule has 0 unspecified atom stereocenters. The maximum absolute atomic E-state index is 13.6. The van der Waals surface area contributed by atoms with Crippen LogP contribution in [0.5, 0.6) is 0 Å². The standard InChI is InChI=1S/C24H30F2N2O5S/c1-3-15-5-6-17-13-34(31,32)14-22(20(17)9-15)27-12-23(29)21(28-24(30)33-4-2)10-16-7-18(25)11-19(26)8-16/h5-9,11,21-23,27,29H,3-4,10,12-14H2,1-2H3,(H,28,30)/t21-,22-,23+/m0/s1. The van der Waals surface area contributed by atoms with E-state index >= 15 is 0 Å². The fourth-order valence-corrected chi connectivity index (χ4v) is 5.78. The van der Waals surface area contributed by atoms with Crippen LogP contribution in [0.15, 0.2) is 36.4 Å². The molecule has 3 rings (SSSR count). The van der Waals surface area contributed by atoms with Gasteiger partial charge in [0.25, 0.3) is 0 Å². The lowest BCUT2D eigenvalue weighted by Crippen LogP contribution is -2.50. The predicted molar refractivity (Wildman–Crippen MR) is 124 cm³/mol. The number of rotatable bonds is 9. The lowest BCUT2D eigenvalue weighted by Gasteiger charge is -2.30. The summed E-state index contributed by atoms with van der Waals surface area (Å²) >= 11 is 0. The summed E-state index contributed by atoms with van der Waals surface area (Å²) in [7, 11) is -3.33. The summed E-state index contributed by atoms with van der Waals surface area (Å²) in [5.74, 6) is -1.70. The molecule has 10 heteroatoms. The van der Waals surface area contributed by atoms with Gasteiger partial charge < -0.3 is 20.5 Å². The summed E-state index contributed by atoms with van der Waals surface area (Å²) in [4.78, 5) is 12.0. The Balaban J connectivity index is 1.78. The first-order valence-electron chi connectivity index (χ1n) is 11.2. The minimum atomic E-state index is -3.33. The number of benzene rings is 2. The van der Waals surface area contributed by atoms with Crippen molar-refractivity contribution in [3.63, 3.8) is 0 Å². The van der Waals surface area contributed by atoms with Crippen molar-refractivity contribution in [3.05, 3.63) is 70.3 Å². The predicted octanol–water partition coefficient (Wildman–Crippen LogP) is 2.80. The second-order valence-corrected chi connectivity index (χ2v) is 10.5. The number of amides is 1. The zero-order valence-corrected chi connectivity index (χ0v) is 20.0. The lowest BCUT2D eigenvalue weighted by molar-refractivity contribution is 0.104. The van der Waals surface area contributed by atoms with E-state index < -0.39 is 45.8 Å². The van der Waals surface area contributed by atoms with E-state index in [4.69, 9.17) is 4.74 Å². The fourth-order valence-electron chi connectivity index (χ4n) is 4.12. The van der Waals surface area contributed by atoms with Gasteiger partial charge in [0.05, 0.1) is 30.3 Å². The van der Waals surface area contributed by atoms with Crippen molar-refractivity contribution < 1.29 is 31.8 Å². The van der Waals surface area contributed by atoms with Gasteiger partial charge in [-0.25, -0.2) is 22.0 Å². The van der Waals surface area contributed by atoms with Gasteiger partial charge in [-0.2, -0.15) is 0 Å². The van der Waals surface area contributed by atoms with Crippen LogP contribution in [0.4, 0.5) is 13.6 Å². The Morgan fingerprint density at radius 1 is 1.15 bits per heavy atom. The number of carbonyl (C=O) groups excluding carboxylic acids is 1. The van der Waals surface area contributed by atoms with E-state index in [9.17, 15) is 27.1 Å². The van der Waals surface area contributed by atoms with Gasteiger partial charge in [-0.05, 0) is 54.2 Å². The number of aryl methyl sites for hydroxylation is 1. The first-order chi connectivity index (χ1) is 16.1. The summed E-state index contributed by atoms with van der Waals surface area (Å²) in [6.45, 7) is 3.68. The molecule has 0 aromatic heterocycles. The second kappa shape index (κ2) is 11.2. The Morgan fingerprint density at radius 2 is 1.85 bits per heavy atom. The molecule has 3 N–H and O–H groups in total. The third-order valence-corrected chi connectivity index (χ3v) is 7.38. The number of sulfone groups is 1. The number of carbonyl (C=O) groups is 1. The van der Waals surface area contributed by atoms with Crippen LogP contribution in [0.2, 0.25) is 0 Å². The molecule has 0 saturated carbocycles. The summed E-state index contributed by atoms with van der Waals surface area (Å²) in [5, 5.41) is 16.5. The Kier molecular flexibility index (Phi) is 8.62. The number of halogens is 2. The number of alkyl carbamates (subject to hydrolysis) is 1. The Bertz CT molecular complexity index is 1110.